The number of ether oxygens (including phenoxy) is 1. The number of hydrogen-bond donors (Lipinski definition) is 1. The molecule has 84 valence electrons. The summed E-state index contributed by atoms with van der Waals surface area (Å²) in [6.07, 6.45) is 1.15. The summed E-state index contributed by atoms with van der Waals surface area (Å²) in [4.78, 5) is 0. The molecular weight excluding hydrogens is 186 g/mol. The van der Waals surface area contributed by atoms with Crippen LogP contribution in [0.4, 0.5) is 0 Å². The van der Waals surface area contributed by atoms with Gasteiger partial charge in [-0.05, 0) is 30.5 Å². The molecule has 0 spiro atoms. The largest absolute Gasteiger partial charge is 0.493 e. The van der Waals surface area contributed by atoms with Gasteiger partial charge in [0.2, 0.25) is 0 Å². The molecule has 0 saturated carbocycles. The zero-order chi connectivity index (χ0) is 11.3. The van der Waals surface area contributed by atoms with E-state index < -0.39 is 0 Å². The smallest absolute Gasteiger partial charge is 0.119 e. The van der Waals surface area contributed by atoms with E-state index in [0.29, 0.717) is 5.92 Å². The van der Waals surface area contributed by atoms with Crippen LogP contribution in [0.2, 0.25) is 0 Å². The van der Waals surface area contributed by atoms with Crippen molar-refractivity contribution in [2.75, 3.05) is 6.61 Å². The lowest BCUT2D eigenvalue weighted by Gasteiger charge is -2.12. The summed E-state index contributed by atoms with van der Waals surface area (Å²) < 4.78 is 5.69. The molecule has 0 saturated heterocycles. The first kappa shape index (κ1) is 12.1. The summed E-state index contributed by atoms with van der Waals surface area (Å²) in [5.41, 5.74) is 6.93. The van der Waals surface area contributed by atoms with Crippen molar-refractivity contribution in [2.45, 2.75) is 33.2 Å². The third-order valence-electron chi connectivity index (χ3n) is 2.62. The summed E-state index contributed by atoms with van der Waals surface area (Å²) in [7, 11) is 0. The average Bonchev–Trinajstić information content (AvgIpc) is 2.26. The highest BCUT2D eigenvalue weighted by molar-refractivity contribution is 5.30. The molecule has 1 rings (SSSR count). The molecule has 0 amide bonds. The van der Waals surface area contributed by atoms with Gasteiger partial charge in [-0.2, -0.15) is 0 Å². The van der Waals surface area contributed by atoms with E-state index in [0.717, 1.165) is 24.3 Å². The fraction of sp³-hybridized carbons (Fsp3) is 0.538. The maximum atomic E-state index is 5.81. The minimum atomic E-state index is 0.0668. The van der Waals surface area contributed by atoms with Crippen LogP contribution in [-0.2, 0) is 0 Å². The van der Waals surface area contributed by atoms with Crippen molar-refractivity contribution < 1.29 is 4.74 Å². The van der Waals surface area contributed by atoms with Gasteiger partial charge < -0.3 is 10.5 Å². The molecule has 0 unspecified atom stereocenters. The summed E-state index contributed by atoms with van der Waals surface area (Å²) >= 11 is 0. The highest BCUT2D eigenvalue weighted by Gasteiger charge is 2.03. The highest BCUT2D eigenvalue weighted by atomic mass is 16.5. The Balaban J connectivity index is 2.58. The van der Waals surface area contributed by atoms with Crippen LogP contribution in [0.25, 0.3) is 0 Å². The first-order chi connectivity index (χ1) is 7.13. The molecule has 2 heteroatoms. The number of rotatable bonds is 5. The minimum Gasteiger partial charge on any atom is -0.493 e. The topological polar surface area (TPSA) is 35.2 Å². The molecule has 15 heavy (non-hydrogen) atoms. The zero-order valence-corrected chi connectivity index (χ0v) is 9.86. The Labute approximate surface area is 92.4 Å². The fourth-order valence-corrected chi connectivity index (χ4v) is 1.24. The minimum absolute atomic E-state index is 0.0668. The first-order valence-electron chi connectivity index (χ1n) is 5.61. The Kier molecular flexibility index (Phi) is 4.63. The molecule has 0 aliphatic heterocycles. The quantitative estimate of drug-likeness (QED) is 0.805. The van der Waals surface area contributed by atoms with Gasteiger partial charge in [-0.15, -0.1) is 0 Å². The molecule has 0 aliphatic carbocycles. The molecular formula is C13H21NO. The van der Waals surface area contributed by atoms with Crippen molar-refractivity contribution in [3.8, 4) is 5.75 Å². The molecule has 0 aromatic heterocycles. The Hall–Kier alpha value is -1.02. The lowest BCUT2D eigenvalue weighted by molar-refractivity contribution is 0.256. The summed E-state index contributed by atoms with van der Waals surface area (Å²) in [5, 5.41) is 0. The Morgan fingerprint density at radius 3 is 2.67 bits per heavy atom. The third kappa shape index (κ3) is 3.92. The van der Waals surface area contributed by atoms with Crippen LogP contribution in [0.1, 0.15) is 38.8 Å². The van der Waals surface area contributed by atoms with Crippen molar-refractivity contribution in [3.63, 3.8) is 0 Å². The molecule has 0 heterocycles. The van der Waals surface area contributed by atoms with Crippen LogP contribution >= 0.6 is 0 Å². The van der Waals surface area contributed by atoms with Crippen LogP contribution in [0, 0.1) is 5.92 Å². The molecule has 0 aliphatic rings. The van der Waals surface area contributed by atoms with Gasteiger partial charge >= 0.3 is 0 Å². The summed E-state index contributed by atoms with van der Waals surface area (Å²) in [6.45, 7) is 7.12. The van der Waals surface area contributed by atoms with Gasteiger partial charge in [0.05, 0.1) is 6.61 Å². The second kappa shape index (κ2) is 5.76. The molecule has 0 radical (unpaired) electrons. The van der Waals surface area contributed by atoms with Gasteiger partial charge in [0, 0.05) is 6.04 Å². The fourth-order valence-electron chi connectivity index (χ4n) is 1.24. The molecule has 1 aromatic rings. The first-order valence-corrected chi connectivity index (χ1v) is 5.61. The molecule has 2 nitrogen and oxygen atoms in total. The highest BCUT2D eigenvalue weighted by Crippen LogP contribution is 2.18. The molecule has 2 N–H and O–H groups in total. The van der Waals surface area contributed by atoms with Gasteiger partial charge in [-0.25, -0.2) is 0 Å². The molecule has 2 atom stereocenters. The average molecular weight is 207 g/mol. The summed E-state index contributed by atoms with van der Waals surface area (Å²) in [6, 6.07) is 8.09. The van der Waals surface area contributed by atoms with E-state index in [-0.39, 0.29) is 6.04 Å². The molecule has 0 fully saturated rings. The van der Waals surface area contributed by atoms with E-state index in [1.807, 2.05) is 31.2 Å². The van der Waals surface area contributed by atoms with Crippen molar-refractivity contribution in [2.24, 2.45) is 11.7 Å². The normalized spacial score (nSPS) is 14.7. The van der Waals surface area contributed by atoms with Gasteiger partial charge in [0.15, 0.2) is 0 Å². The Bertz CT molecular complexity index is 296. The third-order valence-corrected chi connectivity index (χ3v) is 2.62. The zero-order valence-electron chi connectivity index (χ0n) is 9.86. The number of nitrogens with two attached hydrogens (primary N) is 1. The SMILES string of the molecule is CC[C@H](C)COc1cccc([C@@H](C)N)c1. The van der Waals surface area contributed by atoms with Crippen molar-refractivity contribution in [1.82, 2.24) is 0 Å². The van der Waals surface area contributed by atoms with E-state index in [1.165, 1.54) is 0 Å². The number of hydrogen-bond acceptors (Lipinski definition) is 2. The van der Waals surface area contributed by atoms with Crippen LogP contribution in [0.3, 0.4) is 0 Å². The lowest BCUT2D eigenvalue weighted by Crippen LogP contribution is -2.08. The van der Waals surface area contributed by atoms with Crippen molar-refractivity contribution in [1.29, 1.82) is 0 Å². The van der Waals surface area contributed by atoms with E-state index in [4.69, 9.17) is 10.5 Å². The maximum Gasteiger partial charge on any atom is 0.119 e. The van der Waals surface area contributed by atoms with E-state index in [9.17, 15) is 0 Å². The molecule has 0 bridgehead atoms. The predicted molar refractivity (Wildman–Crippen MR) is 64.0 cm³/mol. The second-order valence-electron chi connectivity index (χ2n) is 4.19. The summed E-state index contributed by atoms with van der Waals surface area (Å²) in [5.74, 6) is 1.52. The molecule has 1 aromatic carbocycles. The van der Waals surface area contributed by atoms with E-state index in [2.05, 4.69) is 13.8 Å². The van der Waals surface area contributed by atoms with Crippen LogP contribution in [0.15, 0.2) is 24.3 Å². The standard InChI is InChI=1S/C13H21NO/c1-4-10(2)9-15-13-7-5-6-12(8-13)11(3)14/h5-8,10-11H,4,9,14H2,1-3H3/t10-,11+/m0/s1. The van der Waals surface area contributed by atoms with Crippen LogP contribution in [0.5, 0.6) is 5.75 Å². The van der Waals surface area contributed by atoms with Crippen molar-refractivity contribution >= 4 is 0 Å². The van der Waals surface area contributed by atoms with Gasteiger partial charge in [0.25, 0.3) is 0 Å². The van der Waals surface area contributed by atoms with Gasteiger partial charge in [-0.3, -0.25) is 0 Å². The predicted octanol–water partition coefficient (Wildman–Crippen LogP) is 3.13. The Morgan fingerprint density at radius 1 is 1.33 bits per heavy atom. The number of benzene rings is 1. The van der Waals surface area contributed by atoms with Gasteiger partial charge in [-0.1, -0.05) is 32.4 Å². The van der Waals surface area contributed by atoms with E-state index in [1.54, 1.807) is 0 Å². The Morgan fingerprint density at radius 2 is 2.07 bits per heavy atom. The lowest BCUT2D eigenvalue weighted by atomic mass is 10.1. The monoisotopic (exact) mass is 207 g/mol. The second-order valence-corrected chi connectivity index (χ2v) is 4.19. The van der Waals surface area contributed by atoms with Crippen molar-refractivity contribution in [3.05, 3.63) is 29.8 Å². The van der Waals surface area contributed by atoms with Crippen LogP contribution < -0.4 is 10.5 Å². The van der Waals surface area contributed by atoms with E-state index >= 15 is 0 Å². The van der Waals surface area contributed by atoms with Gasteiger partial charge in [0.1, 0.15) is 5.75 Å². The van der Waals surface area contributed by atoms with Crippen LogP contribution in [-0.4, -0.2) is 6.61 Å². The maximum absolute atomic E-state index is 5.81.